The molecular formula is C15H13IN2O3S. The van der Waals surface area contributed by atoms with Crippen molar-refractivity contribution >= 4 is 32.6 Å². The van der Waals surface area contributed by atoms with E-state index in [1.807, 2.05) is 59.0 Å². The molecule has 2 rings (SSSR count). The van der Waals surface area contributed by atoms with Crippen LogP contribution < -0.4 is 4.72 Å². The van der Waals surface area contributed by atoms with Gasteiger partial charge in [-0.25, -0.2) is 8.42 Å². The molecule has 0 saturated heterocycles. The lowest BCUT2D eigenvalue weighted by molar-refractivity contribution is 0.117. The van der Waals surface area contributed by atoms with E-state index in [1.165, 1.54) is 6.07 Å². The molecular weight excluding hydrogens is 415 g/mol. The van der Waals surface area contributed by atoms with Crippen LogP contribution in [0, 0.1) is 14.9 Å². The molecule has 0 heterocycles. The summed E-state index contributed by atoms with van der Waals surface area (Å²) in [5, 5.41) is 9.10. The van der Waals surface area contributed by atoms with Crippen molar-refractivity contribution in [3.05, 3.63) is 63.2 Å². The molecule has 0 aliphatic carbocycles. The predicted molar refractivity (Wildman–Crippen MR) is 90.3 cm³/mol. The van der Waals surface area contributed by atoms with E-state index in [9.17, 15) is 8.42 Å². The van der Waals surface area contributed by atoms with Crippen molar-refractivity contribution in [2.45, 2.75) is 11.5 Å². The van der Waals surface area contributed by atoms with Gasteiger partial charge in [-0.3, -0.25) is 0 Å². The van der Waals surface area contributed by atoms with E-state index in [2.05, 4.69) is 4.72 Å². The number of hydrogen-bond donors (Lipinski definition) is 1. The normalized spacial score (nSPS) is 11.1. The zero-order chi connectivity index (χ0) is 16.0. The molecule has 0 amide bonds. The Bertz CT molecular complexity index is 786. The minimum absolute atomic E-state index is 0.0368. The fourth-order valence-corrected chi connectivity index (χ4v) is 3.65. The van der Waals surface area contributed by atoms with Crippen LogP contribution in [0.1, 0.15) is 11.1 Å². The first-order valence-corrected chi connectivity index (χ1v) is 8.91. The van der Waals surface area contributed by atoms with Gasteiger partial charge in [0.1, 0.15) is 17.7 Å². The number of nitrogens with one attached hydrogen (secondary N) is 1. The fraction of sp³-hybridized carbons (Fsp3) is 0.133. The van der Waals surface area contributed by atoms with Gasteiger partial charge in [0.05, 0.1) is 12.2 Å². The lowest BCUT2D eigenvalue weighted by Gasteiger charge is -2.09. The lowest BCUT2D eigenvalue weighted by Crippen LogP contribution is -2.27. The summed E-state index contributed by atoms with van der Waals surface area (Å²) in [6.45, 7) is 0.147. The van der Waals surface area contributed by atoms with Crippen LogP contribution >= 0.6 is 22.6 Å². The first-order valence-electron chi connectivity index (χ1n) is 6.34. The minimum Gasteiger partial charge on any atom is -0.361 e. The second-order valence-electron chi connectivity index (χ2n) is 4.35. The molecule has 0 bridgehead atoms. The van der Waals surface area contributed by atoms with Crippen molar-refractivity contribution in [1.29, 1.82) is 5.26 Å². The Kier molecular flexibility index (Phi) is 5.90. The molecule has 1 N–H and O–H groups in total. The van der Waals surface area contributed by atoms with Gasteiger partial charge >= 0.3 is 0 Å². The monoisotopic (exact) mass is 428 g/mol. The molecule has 2 aromatic carbocycles. The largest absolute Gasteiger partial charge is 0.361 e. The van der Waals surface area contributed by atoms with E-state index in [0.717, 1.165) is 5.56 Å². The summed E-state index contributed by atoms with van der Waals surface area (Å²) in [5.41, 5.74) is 1.09. The molecule has 7 heteroatoms. The van der Waals surface area contributed by atoms with Crippen LogP contribution in [0.2, 0.25) is 0 Å². The number of benzene rings is 2. The number of nitrogens with zero attached hydrogens (tertiary/aromatic N) is 1. The highest BCUT2D eigenvalue weighted by atomic mass is 127. The highest BCUT2D eigenvalue weighted by Crippen LogP contribution is 2.20. The third-order valence-corrected chi connectivity index (χ3v) is 5.16. The summed E-state index contributed by atoms with van der Waals surface area (Å²) in [4.78, 5) is -0.0368. The lowest BCUT2D eigenvalue weighted by atomic mass is 10.2. The molecule has 0 saturated carbocycles. The van der Waals surface area contributed by atoms with Gasteiger partial charge in [0.2, 0.25) is 10.0 Å². The summed E-state index contributed by atoms with van der Waals surface area (Å²) in [5.74, 6) is 0. The molecule has 0 spiro atoms. The highest BCUT2D eigenvalue weighted by molar-refractivity contribution is 14.1. The van der Waals surface area contributed by atoms with Gasteiger partial charge in [-0.15, -0.1) is 0 Å². The zero-order valence-corrected chi connectivity index (χ0v) is 14.5. The Morgan fingerprint density at radius 3 is 2.55 bits per heavy atom. The topological polar surface area (TPSA) is 79.2 Å². The molecule has 0 fully saturated rings. The van der Waals surface area contributed by atoms with Crippen LogP contribution in [0.15, 0.2) is 53.4 Å². The van der Waals surface area contributed by atoms with Gasteiger partial charge in [-0.2, -0.15) is 9.98 Å². The quantitative estimate of drug-likeness (QED) is 0.436. The summed E-state index contributed by atoms with van der Waals surface area (Å²) in [6, 6.07) is 16.0. The zero-order valence-electron chi connectivity index (χ0n) is 11.5. The molecule has 0 radical (unpaired) electrons. The van der Waals surface area contributed by atoms with Crippen LogP contribution in [0.5, 0.6) is 0 Å². The minimum atomic E-state index is -3.78. The number of ether oxygens (including phenoxy) is 1. The Hall–Kier alpha value is -1.47. The van der Waals surface area contributed by atoms with Gasteiger partial charge in [0.25, 0.3) is 0 Å². The van der Waals surface area contributed by atoms with Crippen LogP contribution in [0.25, 0.3) is 0 Å². The maximum absolute atomic E-state index is 12.2. The van der Waals surface area contributed by atoms with E-state index < -0.39 is 10.0 Å². The number of sulfonamides is 1. The van der Waals surface area contributed by atoms with Crippen molar-refractivity contribution < 1.29 is 13.2 Å². The molecule has 22 heavy (non-hydrogen) atoms. The number of hydrogen-bond acceptors (Lipinski definition) is 4. The maximum Gasteiger partial charge on any atom is 0.243 e. The van der Waals surface area contributed by atoms with Crippen LogP contribution in [-0.4, -0.2) is 15.1 Å². The van der Waals surface area contributed by atoms with E-state index in [1.54, 1.807) is 12.1 Å². The number of halogens is 1. The Labute approximate surface area is 143 Å². The van der Waals surface area contributed by atoms with Crippen LogP contribution in [-0.2, 0) is 21.4 Å². The highest BCUT2D eigenvalue weighted by Gasteiger charge is 2.19. The van der Waals surface area contributed by atoms with Crippen molar-refractivity contribution in [2.75, 3.05) is 6.73 Å². The van der Waals surface area contributed by atoms with E-state index in [4.69, 9.17) is 10.00 Å². The molecule has 0 aromatic heterocycles. The Morgan fingerprint density at radius 2 is 1.86 bits per heavy atom. The Balaban J connectivity index is 2.00. The second-order valence-corrected chi connectivity index (χ2v) is 7.25. The molecule has 0 atom stereocenters. The van der Waals surface area contributed by atoms with Crippen molar-refractivity contribution in [1.82, 2.24) is 4.72 Å². The Morgan fingerprint density at radius 1 is 1.14 bits per heavy atom. The molecule has 114 valence electrons. The summed E-state index contributed by atoms with van der Waals surface area (Å²) in [7, 11) is -3.78. The molecule has 0 aliphatic rings. The van der Waals surface area contributed by atoms with Gasteiger partial charge in [-0.05, 0) is 40.3 Å². The molecule has 0 aliphatic heterocycles. The molecule has 2 aromatic rings. The second kappa shape index (κ2) is 7.69. The summed E-state index contributed by atoms with van der Waals surface area (Å²) >= 11 is 1.93. The average molecular weight is 428 g/mol. The average Bonchev–Trinajstić information content (AvgIpc) is 2.52. The summed E-state index contributed by atoms with van der Waals surface area (Å²) in [6.07, 6.45) is 0. The van der Waals surface area contributed by atoms with Gasteiger partial charge in [0, 0.05) is 3.57 Å². The SMILES string of the molecule is N#Cc1c(I)cccc1S(=O)(=O)NCOCc1ccccc1. The molecule has 0 unspecified atom stereocenters. The van der Waals surface area contributed by atoms with Crippen molar-refractivity contribution in [2.24, 2.45) is 0 Å². The smallest absolute Gasteiger partial charge is 0.243 e. The van der Waals surface area contributed by atoms with Crippen LogP contribution in [0.3, 0.4) is 0 Å². The van der Waals surface area contributed by atoms with E-state index in [-0.39, 0.29) is 17.2 Å². The van der Waals surface area contributed by atoms with Gasteiger partial charge in [-0.1, -0.05) is 36.4 Å². The van der Waals surface area contributed by atoms with E-state index >= 15 is 0 Å². The molecule has 5 nitrogen and oxygen atoms in total. The standard InChI is InChI=1S/C15H13IN2O3S/c16-14-7-4-8-15(13(14)9-17)22(19,20)18-11-21-10-12-5-2-1-3-6-12/h1-8,18H,10-11H2. The third-order valence-electron chi connectivity index (χ3n) is 2.84. The predicted octanol–water partition coefficient (Wildman–Crippen LogP) is 2.62. The van der Waals surface area contributed by atoms with Gasteiger partial charge in [0.15, 0.2) is 0 Å². The van der Waals surface area contributed by atoms with Crippen molar-refractivity contribution in [3.63, 3.8) is 0 Å². The van der Waals surface area contributed by atoms with Crippen LogP contribution in [0.4, 0.5) is 0 Å². The first-order chi connectivity index (χ1) is 10.5. The number of rotatable bonds is 6. The van der Waals surface area contributed by atoms with Crippen molar-refractivity contribution in [3.8, 4) is 6.07 Å². The first kappa shape index (κ1) is 16.9. The number of nitriles is 1. The summed E-state index contributed by atoms with van der Waals surface area (Å²) < 4.78 is 32.7. The maximum atomic E-state index is 12.2. The van der Waals surface area contributed by atoms with Gasteiger partial charge < -0.3 is 4.74 Å². The third kappa shape index (κ3) is 4.27. The fourth-order valence-electron chi connectivity index (χ4n) is 1.78. The van der Waals surface area contributed by atoms with E-state index in [0.29, 0.717) is 10.2 Å².